The number of rotatable bonds is 7. The number of carbonyl (C=O) groups excluding carboxylic acids is 1. The molecule has 0 saturated carbocycles. The molecule has 0 radical (unpaired) electrons. The lowest BCUT2D eigenvalue weighted by Gasteiger charge is -2.09. The van der Waals surface area contributed by atoms with Gasteiger partial charge in [0.25, 0.3) is 5.91 Å². The van der Waals surface area contributed by atoms with Crippen LogP contribution in [-0.4, -0.2) is 36.5 Å². The third kappa shape index (κ3) is 4.78. The van der Waals surface area contributed by atoms with Crippen LogP contribution in [0.3, 0.4) is 0 Å². The summed E-state index contributed by atoms with van der Waals surface area (Å²) in [5.74, 6) is -1.34. The van der Waals surface area contributed by atoms with E-state index in [-0.39, 0.29) is 24.6 Å². The summed E-state index contributed by atoms with van der Waals surface area (Å²) in [6.45, 7) is 4.18. The lowest BCUT2D eigenvalue weighted by molar-refractivity contribution is -0.137. The Morgan fingerprint density at radius 3 is 2.62 bits per heavy atom. The van der Waals surface area contributed by atoms with Crippen LogP contribution < -0.4 is 5.32 Å². The van der Waals surface area contributed by atoms with Crippen molar-refractivity contribution in [3.05, 3.63) is 63.2 Å². The molecule has 0 aliphatic heterocycles. The molecule has 0 atom stereocenters. The number of benzene rings is 1. The SMILES string of the molecule is Cc1nn(Cc2ccc(Cl)cc2Cl)c(C)c1NC(=O)c1ccnn1CCC(=O)O. The number of aromatic nitrogens is 4. The van der Waals surface area contributed by atoms with Crippen LogP contribution in [0, 0.1) is 13.8 Å². The highest BCUT2D eigenvalue weighted by atomic mass is 35.5. The van der Waals surface area contributed by atoms with Gasteiger partial charge in [-0.25, -0.2) is 0 Å². The predicted octanol–water partition coefficient (Wildman–Crippen LogP) is 3.78. The van der Waals surface area contributed by atoms with Crippen LogP contribution in [0.4, 0.5) is 5.69 Å². The van der Waals surface area contributed by atoms with Gasteiger partial charge in [0, 0.05) is 16.2 Å². The van der Waals surface area contributed by atoms with E-state index in [2.05, 4.69) is 15.5 Å². The summed E-state index contributed by atoms with van der Waals surface area (Å²) in [4.78, 5) is 23.5. The van der Waals surface area contributed by atoms with Gasteiger partial charge in [0.15, 0.2) is 0 Å². The minimum absolute atomic E-state index is 0.109. The Kier molecular flexibility index (Phi) is 6.24. The number of halogens is 2. The largest absolute Gasteiger partial charge is 0.481 e. The fourth-order valence-corrected chi connectivity index (χ4v) is 3.39. The van der Waals surface area contributed by atoms with Crippen LogP contribution in [-0.2, 0) is 17.9 Å². The summed E-state index contributed by atoms with van der Waals surface area (Å²) in [6.07, 6.45) is 1.34. The zero-order valence-corrected chi connectivity index (χ0v) is 17.3. The quantitative estimate of drug-likeness (QED) is 0.587. The van der Waals surface area contributed by atoms with Crippen molar-refractivity contribution in [1.82, 2.24) is 19.6 Å². The van der Waals surface area contributed by atoms with Gasteiger partial charge >= 0.3 is 5.97 Å². The first-order valence-electron chi connectivity index (χ1n) is 8.79. The van der Waals surface area contributed by atoms with E-state index in [0.717, 1.165) is 11.3 Å². The van der Waals surface area contributed by atoms with Crippen molar-refractivity contribution in [2.45, 2.75) is 33.4 Å². The molecular formula is C19H19Cl2N5O3. The summed E-state index contributed by atoms with van der Waals surface area (Å²) in [6, 6.07) is 6.81. The minimum Gasteiger partial charge on any atom is -0.481 e. The highest BCUT2D eigenvalue weighted by molar-refractivity contribution is 6.35. The van der Waals surface area contributed by atoms with Crippen molar-refractivity contribution in [2.24, 2.45) is 0 Å². The number of nitrogens with one attached hydrogen (secondary N) is 1. The maximum absolute atomic E-state index is 12.7. The monoisotopic (exact) mass is 435 g/mol. The molecule has 3 aromatic rings. The standard InChI is InChI=1S/C19H19Cl2N5O3/c1-11-18(23-19(29)16-5-7-22-25(16)8-6-17(27)28)12(2)26(24-11)10-13-3-4-14(20)9-15(13)21/h3-5,7,9H,6,8,10H2,1-2H3,(H,23,29)(H,27,28). The van der Waals surface area contributed by atoms with Gasteiger partial charge < -0.3 is 10.4 Å². The lowest BCUT2D eigenvalue weighted by atomic mass is 10.2. The molecule has 0 aliphatic carbocycles. The molecule has 0 saturated heterocycles. The van der Waals surface area contributed by atoms with Crippen molar-refractivity contribution < 1.29 is 14.7 Å². The van der Waals surface area contributed by atoms with Crippen LogP contribution in [0.5, 0.6) is 0 Å². The predicted molar refractivity (Wildman–Crippen MR) is 110 cm³/mol. The van der Waals surface area contributed by atoms with Crippen molar-refractivity contribution in [1.29, 1.82) is 0 Å². The molecule has 0 aliphatic rings. The van der Waals surface area contributed by atoms with Gasteiger partial charge in [-0.2, -0.15) is 10.2 Å². The summed E-state index contributed by atoms with van der Waals surface area (Å²) in [5.41, 5.74) is 3.13. The fourth-order valence-electron chi connectivity index (χ4n) is 2.93. The van der Waals surface area contributed by atoms with Gasteiger partial charge in [-0.15, -0.1) is 0 Å². The van der Waals surface area contributed by atoms with Gasteiger partial charge in [0.1, 0.15) is 5.69 Å². The molecule has 152 valence electrons. The number of anilines is 1. The average Bonchev–Trinajstić information content (AvgIpc) is 3.22. The topological polar surface area (TPSA) is 102 Å². The molecule has 8 nitrogen and oxygen atoms in total. The number of hydrogen-bond acceptors (Lipinski definition) is 4. The van der Waals surface area contributed by atoms with Gasteiger partial charge in [0.2, 0.25) is 0 Å². The van der Waals surface area contributed by atoms with Gasteiger partial charge in [0.05, 0.1) is 36.6 Å². The fraction of sp³-hybridized carbons (Fsp3) is 0.263. The second-order valence-electron chi connectivity index (χ2n) is 6.48. The lowest BCUT2D eigenvalue weighted by Crippen LogP contribution is -2.19. The van der Waals surface area contributed by atoms with Crippen LogP contribution >= 0.6 is 23.2 Å². The molecule has 29 heavy (non-hydrogen) atoms. The molecule has 2 N–H and O–H groups in total. The molecule has 0 bridgehead atoms. The molecule has 1 amide bonds. The first-order valence-corrected chi connectivity index (χ1v) is 9.54. The normalized spacial score (nSPS) is 10.9. The van der Waals surface area contributed by atoms with E-state index in [1.54, 1.807) is 29.8 Å². The zero-order chi connectivity index (χ0) is 21.1. The molecule has 0 spiro atoms. The molecule has 2 heterocycles. The summed E-state index contributed by atoms with van der Waals surface area (Å²) in [5, 5.41) is 21.3. The summed E-state index contributed by atoms with van der Waals surface area (Å²) < 4.78 is 3.12. The van der Waals surface area contributed by atoms with Gasteiger partial charge in [-0.05, 0) is 37.6 Å². The number of carboxylic acids is 1. The number of aryl methyl sites for hydroxylation is 2. The van der Waals surface area contributed by atoms with Crippen LogP contribution in [0.2, 0.25) is 10.0 Å². The van der Waals surface area contributed by atoms with E-state index in [1.165, 1.54) is 10.9 Å². The molecule has 0 unspecified atom stereocenters. The first-order chi connectivity index (χ1) is 13.8. The van der Waals surface area contributed by atoms with E-state index in [9.17, 15) is 9.59 Å². The first kappa shape index (κ1) is 20.9. The van der Waals surface area contributed by atoms with Crippen molar-refractivity contribution >= 4 is 40.8 Å². The Morgan fingerprint density at radius 1 is 1.17 bits per heavy atom. The molecule has 0 fully saturated rings. The minimum atomic E-state index is -0.958. The van der Waals surface area contributed by atoms with E-state index >= 15 is 0 Å². The molecule has 10 heteroatoms. The Bertz CT molecular complexity index is 1070. The second-order valence-corrected chi connectivity index (χ2v) is 7.32. The number of aliphatic carboxylic acids is 1. The summed E-state index contributed by atoms with van der Waals surface area (Å²) >= 11 is 12.2. The third-order valence-electron chi connectivity index (χ3n) is 4.44. The van der Waals surface area contributed by atoms with Crippen LogP contribution in [0.25, 0.3) is 0 Å². The summed E-state index contributed by atoms with van der Waals surface area (Å²) in [7, 11) is 0. The Morgan fingerprint density at radius 2 is 1.93 bits per heavy atom. The Balaban J connectivity index is 1.79. The Hall–Kier alpha value is -2.84. The van der Waals surface area contributed by atoms with E-state index in [0.29, 0.717) is 28.0 Å². The highest BCUT2D eigenvalue weighted by Gasteiger charge is 2.19. The van der Waals surface area contributed by atoms with Crippen molar-refractivity contribution in [2.75, 3.05) is 5.32 Å². The van der Waals surface area contributed by atoms with E-state index in [4.69, 9.17) is 28.3 Å². The average molecular weight is 436 g/mol. The van der Waals surface area contributed by atoms with Crippen molar-refractivity contribution in [3.63, 3.8) is 0 Å². The van der Waals surface area contributed by atoms with Crippen LogP contribution in [0.1, 0.15) is 33.9 Å². The number of carbonyl (C=O) groups is 2. The smallest absolute Gasteiger partial charge is 0.305 e. The van der Waals surface area contributed by atoms with Crippen molar-refractivity contribution in [3.8, 4) is 0 Å². The van der Waals surface area contributed by atoms with E-state index in [1.807, 2.05) is 13.0 Å². The highest BCUT2D eigenvalue weighted by Crippen LogP contribution is 2.25. The number of amides is 1. The van der Waals surface area contributed by atoms with Crippen LogP contribution in [0.15, 0.2) is 30.5 Å². The molecule has 1 aromatic carbocycles. The maximum atomic E-state index is 12.7. The van der Waals surface area contributed by atoms with E-state index < -0.39 is 5.97 Å². The second kappa shape index (κ2) is 8.67. The molecular weight excluding hydrogens is 417 g/mol. The third-order valence-corrected chi connectivity index (χ3v) is 5.03. The number of nitrogens with zero attached hydrogens (tertiary/aromatic N) is 4. The number of hydrogen-bond donors (Lipinski definition) is 2. The van der Waals surface area contributed by atoms with Gasteiger partial charge in [-0.3, -0.25) is 19.0 Å². The number of carboxylic acid groups (broad SMARTS) is 1. The molecule has 2 aromatic heterocycles. The Labute approximate surface area is 177 Å². The molecule has 3 rings (SSSR count). The van der Waals surface area contributed by atoms with Gasteiger partial charge in [-0.1, -0.05) is 29.3 Å². The maximum Gasteiger partial charge on any atom is 0.305 e. The zero-order valence-electron chi connectivity index (χ0n) is 15.8.